The summed E-state index contributed by atoms with van der Waals surface area (Å²) < 4.78 is 0. The van der Waals surface area contributed by atoms with Crippen LogP contribution in [0.1, 0.15) is 68.6 Å². The Balaban J connectivity index is 2.33. The maximum Gasteiger partial charge on any atom is 0.185 e. The summed E-state index contributed by atoms with van der Waals surface area (Å²) in [5.74, 6) is -1.46. The van der Waals surface area contributed by atoms with Gasteiger partial charge >= 0.3 is 0 Å². The molecule has 1 aromatic rings. The SMILES string of the molecule is CCCCCc1c(O)cc(C2C=C(C)C(O)(O)CC2)c(C)c1O. The third-order valence-electron chi connectivity index (χ3n) is 4.99. The molecule has 1 aliphatic rings. The van der Waals surface area contributed by atoms with Gasteiger partial charge in [0.2, 0.25) is 0 Å². The van der Waals surface area contributed by atoms with Crippen LogP contribution in [0, 0.1) is 6.92 Å². The first-order chi connectivity index (χ1) is 10.8. The van der Waals surface area contributed by atoms with Crippen LogP contribution in [0.2, 0.25) is 0 Å². The van der Waals surface area contributed by atoms with Crippen LogP contribution in [0.5, 0.6) is 11.5 Å². The maximum absolute atomic E-state index is 10.5. The van der Waals surface area contributed by atoms with Gasteiger partial charge in [0.25, 0.3) is 0 Å². The predicted octanol–water partition coefficient (Wildman–Crippen LogP) is 3.64. The average molecular weight is 320 g/mol. The third kappa shape index (κ3) is 3.70. The Hall–Kier alpha value is -1.52. The molecule has 0 amide bonds. The van der Waals surface area contributed by atoms with E-state index in [4.69, 9.17) is 0 Å². The van der Waals surface area contributed by atoms with E-state index >= 15 is 0 Å². The minimum atomic E-state index is -1.74. The molecule has 128 valence electrons. The van der Waals surface area contributed by atoms with Crippen molar-refractivity contribution in [2.75, 3.05) is 0 Å². The van der Waals surface area contributed by atoms with Gasteiger partial charge < -0.3 is 20.4 Å². The first-order valence-electron chi connectivity index (χ1n) is 8.45. The molecule has 0 saturated heterocycles. The minimum Gasteiger partial charge on any atom is -0.508 e. The van der Waals surface area contributed by atoms with E-state index in [2.05, 4.69) is 6.92 Å². The van der Waals surface area contributed by atoms with Gasteiger partial charge in [-0.15, -0.1) is 0 Å². The highest BCUT2D eigenvalue weighted by Gasteiger charge is 2.32. The molecule has 1 unspecified atom stereocenters. The van der Waals surface area contributed by atoms with E-state index in [1.807, 2.05) is 13.0 Å². The lowest BCUT2D eigenvalue weighted by Crippen LogP contribution is -2.33. The maximum atomic E-state index is 10.5. The van der Waals surface area contributed by atoms with Crippen LogP contribution in [-0.2, 0) is 6.42 Å². The summed E-state index contributed by atoms with van der Waals surface area (Å²) in [6.45, 7) is 5.67. The lowest BCUT2D eigenvalue weighted by molar-refractivity contribution is -0.137. The summed E-state index contributed by atoms with van der Waals surface area (Å²) in [7, 11) is 0. The second-order valence-corrected chi connectivity index (χ2v) is 6.71. The van der Waals surface area contributed by atoms with Gasteiger partial charge in [-0.25, -0.2) is 0 Å². The molecular weight excluding hydrogens is 292 g/mol. The van der Waals surface area contributed by atoms with E-state index < -0.39 is 5.79 Å². The molecule has 0 aliphatic heterocycles. The van der Waals surface area contributed by atoms with Crippen molar-refractivity contribution in [3.63, 3.8) is 0 Å². The zero-order valence-electron chi connectivity index (χ0n) is 14.3. The molecule has 1 aromatic carbocycles. The van der Waals surface area contributed by atoms with Crippen LogP contribution in [0.25, 0.3) is 0 Å². The van der Waals surface area contributed by atoms with Gasteiger partial charge in [-0.05, 0) is 55.9 Å². The summed E-state index contributed by atoms with van der Waals surface area (Å²) in [4.78, 5) is 0. The van der Waals surface area contributed by atoms with Gasteiger partial charge in [-0.1, -0.05) is 25.8 Å². The van der Waals surface area contributed by atoms with Crippen molar-refractivity contribution in [1.82, 2.24) is 0 Å². The van der Waals surface area contributed by atoms with Crippen LogP contribution < -0.4 is 0 Å². The van der Waals surface area contributed by atoms with E-state index in [0.717, 1.165) is 30.4 Å². The van der Waals surface area contributed by atoms with Crippen molar-refractivity contribution in [3.8, 4) is 11.5 Å². The molecule has 23 heavy (non-hydrogen) atoms. The molecule has 4 N–H and O–H groups in total. The molecule has 0 spiro atoms. The second-order valence-electron chi connectivity index (χ2n) is 6.71. The highest BCUT2D eigenvalue weighted by molar-refractivity contribution is 5.54. The van der Waals surface area contributed by atoms with Crippen molar-refractivity contribution in [2.45, 2.75) is 71.0 Å². The van der Waals surface area contributed by atoms with Gasteiger partial charge in [0.1, 0.15) is 11.5 Å². The minimum absolute atomic E-state index is 0.0242. The second kappa shape index (κ2) is 6.93. The highest BCUT2D eigenvalue weighted by atomic mass is 16.5. The smallest absolute Gasteiger partial charge is 0.185 e. The molecule has 4 heteroatoms. The highest BCUT2D eigenvalue weighted by Crippen LogP contribution is 2.42. The number of hydrogen-bond donors (Lipinski definition) is 4. The van der Waals surface area contributed by atoms with Crippen molar-refractivity contribution >= 4 is 0 Å². The number of unbranched alkanes of at least 4 members (excludes halogenated alkanes) is 2. The number of aromatic hydroxyl groups is 2. The van der Waals surface area contributed by atoms with Crippen molar-refractivity contribution in [1.29, 1.82) is 0 Å². The molecule has 4 nitrogen and oxygen atoms in total. The molecule has 0 aromatic heterocycles. The monoisotopic (exact) mass is 320 g/mol. The molecule has 1 aliphatic carbocycles. The number of hydrogen-bond acceptors (Lipinski definition) is 4. The van der Waals surface area contributed by atoms with Crippen molar-refractivity contribution < 1.29 is 20.4 Å². The molecule has 0 radical (unpaired) electrons. The summed E-state index contributed by atoms with van der Waals surface area (Å²) in [5, 5.41) is 40.5. The average Bonchev–Trinajstić information content (AvgIpc) is 2.49. The first-order valence-corrected chi connectivity index (χ1v) is 8.45. The van der Waals surface area contributed by atoms with Crippen molar-refractivity contribution in [3.05, 3.63) is 34.4 Å². The molecule has 0 fully saturated rings. The van der Waals surface area contributed by atoms with Crippen LogP contribution in [0.3, 0.4) is 0 Å². The summed E-state index contributed by atoms with van der Waals surface area (Å²) >= 11 is 0. The van der Waals surface area contributed by atoms with E-state index in [-0.39, 0.29) is 23.8 Å². The first kappa shape index (κ1) is 17.8. The van der Waals surface area contributed by atoms with Gasteiger partial charge in [0.15, 0.2) is 5.79 Å². The zero-order chi connectivity index (χ0) is 17.2. The summed E-state index contributed by atoms with van der Waals surface area (Å²) in [6, 6.07) is 1.73. The van der Waals surface area contributed by atoms with Gasteiger partial charge in [-0.2, -0.15) is 0 Å². The van der Waals surface area contributed by atoms with Crippen LogP contribution in [0.15, 0.2) is 17.7 Å². The van der Waals surface area contributed by atoms with Crippen LogP contribution in [0.4, 0.5) is 0 Å². The third-order valence-corrected chi connectivity index (χ3v) is 4.99. The Morgan fingerprint density at radius 3 is 2.48 bits per heavy atom. The number of aliphatic hydroxyl groups is 2. The van der Waals surface area contributed by atoms with Crippen LogP contribution in [-0.4, -0.2) is 26.2 Å². The molecule has 0 saturated carbocycles. The van der Waals surface area contributed by atoms with E-state index in [9.17, 15) is 20.4 Å². The summed E-state index contributed by atoms with van der Waals surface area (Å²) in [6.07, 6.45) is 6.41. The van der Waals surface area contributed by atoms with Gasteiger partial charge in [-0.3, -0.25) is 0 Å². The number of rotatable bonds is 5. The Morgan fingerprint density at radius 2 is 1.87 bits per heavy atom. The largest absolute Gasteiger partial charge is 0.508 e. The Bertz CT molecular complexity index is 602. The fourth-order valence-corrected chi connectivity index (χ4v) is 3.33. The topological polar surface area (TPSA) is 80.9 Å². The fourth-order valence-electron chi connectivity index (χ4n) is 3.33. The van der Waals surface area contributed by atoms with E-state index in [1.54, 1.807) is 13.0 Å². The number of phenolic OH excluding ortho intramolecular Hbond substituents is 2. The summed E-state index contributed by atoms with van der Waals surface area (Å²) in [5.41, 5.74) is 2.76. The molecule has 0 heterocycles. The van der Waals surface area contributed by atoms with Crippen LogP contribution >= 0.6 is 0 Å². The lowest BCUT2D eigenvalue weighted by Gasteiger charge is -2.31. The van der Waals surface area contributed by atoms with E-state index in [1.165, 1.54) is 0 Å². The van der Waals surface area contributed by atoms with E-state index in [0.29, 0.717) is 24.0 Å². The van der Waals surface area contributed by atoms with Gasteiger partial charge in [0.05, 0.1) is 0 Å². The number of benzene rings is 1. The normalized spacial score (nSPS) is 20.4. The zero-order valence-corrected chi connectivity index (χ0v) is 14.3. The standard InChI is InChI=1S/C19H28O4/c1-4-5-6-7-15-17(20)11-16(13(3)18(15)21)14-8-9-19(22,23)12(2)10-14/h10-11,14,20-23H,4-9H2,1-3H3. The number of phenols is 2. The van der Waals surface area contributed by atoms with Gasteiger partial charge in [0, 0.05) is 17.9 Å². The molecule has 0 bridgehead atoms. The Morgan fingerprint density at radius 1 is 1.17 bits per heavy atom. The Labute approximate surface area is 138 Å². The van der Waals surface area contributed by atoms with Crippen molar-refractivity contribution in [2.24, 2.45) is 0 Å². The predicted molar refractivity (Wildman–Crippen MR) is 90.6 cm³/mol. The quantitative estimate of drug-likeness (QED) is 0.379. The lowest BCUT2D eigenvalue weighted by atomic mass is 9.80. The molecule has 2 rings (SSSR count). The molecular formula is C19H28O4. The molecule has 1 atom stereocenters. The Kier molecular flexibility index (Phi) is 5.37. The number of allylic oxidation sites excluding steroid dienone is 1. The fraction of sp³-hybridized carbons (Fsp3) is 0.579.